The lowest BCUT2D eigenvalue weighted by molar-refractivity contribution is 0.357. The first-order valence-electron chi connectivity index (χ1n) is 5.74. The van der Waals surface area contributed by atoms with Crippen molar-refractivity contribution in [3.05, 3.63) is 29.6 Å². The van der Waals surface area contributed by atoms with Gasteiger partial charge in [0.2, 0.25) is 10.0 Å². The molecule has 7 heteroatoms. The molecule has 0 aliphatic carbocycles. The second kappa shape index (κ2) is 6.65. The molecule has 0 spiro atoms. The quantitative estimate of drug-likeness (QED) is 0.752. The van der Waals surface area contributed by atoms with Gasteiger partial charge in [-0.25, -0.2) is 12.8 Å². The smallest absolute Gasteiger partial charge is 0.245 e. The van der Waals surface area contributed by atoms with Crippen LogP contribution in [0.15, 0.2) is 23.1 Å². The van der Waals surface area contributed by atoms with Crippen molar-refractivity contribution in [3.8, 4) is 0 Å². The van der Waals surface area contributed by atoms with Gasteiger partial charge in [-0.2, -0.15) is 4.31 Å². The number of sulfonamides is 1. The maximum Gasteiger partial charge on any atom is 0.245 e. The van der Waals surface area contributed by atoms with E-state index in [1.807, 2.05) is 19.0 Å². The van der Waals surface area contributed by atoms with Gasteiger partial charge in [0.05, 0.1) is 0 Å². The average molecular weight is 309 g/mol. The number of benzene rings is 1. The standard InChI is InChI=1S/C12H18ClFN2O2S/c1-15(2)6-7-16(3)19(17,18)12-5-4-10(9-13)8-11(12)14/h4-5,8H,6-7,9H2,1-3H3. The van der Waals surface area contributed by atoms with Crippen LogP contribution in [0.5, 0.6) is 0 Å². The highest BCUT2D eigenvalue weighted by Crippen LogP contribution is 2.20. The van der Waals surface area contributed by atoms with E-state index in [0.717, 1.165) is 10.4 Å². The minimum absolute atomic E-state index is 0.147. The molecule has 0 unspecified atom stereocenters. The summed E-state index contributed by atoms with van der Waals surface area (Å²) in [5.74, 6) is -0.622. The summed E-state index contributed by atoms with van der Waals surface area (Å²) in [5, 5.41) is 0. The van der Waals surface area contributed by atoms with E-state index in [1.54, 1.807) is 0 Å². The Morgan fingerprint density at radius 1 is 1.21 bits per heavy atom. The van der Waals surface area contributed by atoms with Crippen molar-refractivity contribution in [1.29, 1.82) is 0 Å². The molecule has 0 N–H and O–H groups in total. The summed E-state index contributed by atoms with van der Waals surface area (Å²) in [5.41, 5.74) is 0.550. The second-order valence-corrected chi connectivity index (χ2v) is 6.81. The lowest BCUT2D eigenvalue weighted by Crippen LogP contribution is -2.34. The predicted molar refractivity (Wildman–Crippen MR) is 74.3 cm³/mol. The van der Waals surface area contributed by atoms with Crippen LogP contribution in [0, 0.1) is 5.82 Å². The number of hydrogen-bond donors (Lipinski definition) is 0. The molecule has 0 fully saturated rings. The van der Waals surface area contributed by atoms with E-state index in [0.29, 0.717) is 18.7 Å². The molecule has 0 aliphatic heterocycles. The van der Waals surface area contributed by atoms with Crippen LogP contribution >= 0.6 is 11.6 Å². The van der Waals surface area contributed by atoms with Crippen LogP contribution < -0.4 is 0 Å². The lowest BCUT2D eigenvalue weighted by atomic mass is 10.2. The molecule has 108 valence electrons. The van der Waals surface area contributed by atoms with Crippen molar-refractivity contribution in [3.63, 3.8) is 0 Å². The third kappa shape index (κ3) is 4.14. The maximum absolute atomic E-state index is 13.8. The zero-order valence-electron chi connectivity index (χ0n) is 11.2. The Morgan fingerprint density at radius 2 is 1.84 bits per heavy atom. The third-order valence-corrected chi connectivity index (χ3v) is 4.90. The fraction of sp³-hybridized carbons (Fsp3) is 0.500. The molecule has 0 bridgehead atoms. The largest absolute Gasteiger partial charge is 0.308 e. The minimum atomic E-state index is -3.80. The molecule has 0 heterocycles. The minimum Gasteiger partial charge on any atom is -0.308 e. The first kappa shape index (κ1) is 16.4. The van der Waals surface area contributed by atoms with Crippen LogP contribution in [0.3, 0.4) is 0 Å². The number of nitrogens with zero attached hydrogens (tertiary/aromatic N) is 2. The Labute approximate surface area is 118 Å². The van der Waals surface area contributed by atoms with E-state index >= 15 is 0 Å². The highest BCUT2D eigenvalue weighted by molar-refractivity contribution is 7.89. The average Bonchev–Trinajstić information content (AvgIpc) is 2.35. The SMILES string of the molecule is CN(C)CCN(C)S(=O)(=O)c1ccc(CCl)cc1F. The van der Waals surface area contributed by atoms with Crippen LogP contribution in [0.25, 0.3) is 0 Å². The van der Waals surface area contributed by atoms with Crippen molar-refractivity contribution in [2.75, 3.05) is 34.2 Å². The Bertz CT molecular complexity index is 535. The maximum atomic E-state index is 13.8. The molecular formula is C12H18ClFN2O2S. The van der Waals surface area contributed by atoms with Gasteiger partial charge in [0.25, 0.3) is 0 Å². The van der Waals surface area contributed by atoms with Gasteiger partial charge in [0, 0.05) is 26.0 Å². The van der Waals surface area contributed by atoms with Crippen LogP contribution in [-0.2, 0) is 15.9 Å². The third-order valence-electron chi connectivity index (χ3n) is 2.70. The predicted octanol–water partition coefficient (Wildman–Crippen LogP) is 1.75. The van der Waals surface area contributed by atoms with Crippen molar-refractivity contribution < 1.29 is 12.8 Å². The summed E-state index contributed by atoms with van der Waals surface area (Å²) in [6.45, 7) is 0.864. The highest BCUT2D eigenvalue weighted by Gasteiger charge is 2.24. The van der Waals surface area contributed by atoms with Gasteiger partial charge in [0.1, 0.15) is 10.7 Å². The summed E-state index contributed by atoms with van der Waals surface area (Å²) in [7, 11) is 1.32. The van der Waals surface area contributed by atoms with Gasteiger partial charge >= 0.3 is 0 Å². The van der Waals surface area contributed by atoms with E-state index in [-0.39, 0.29) is 10.8 Å². The molecule has 4 nitrogen and oxygen atoms in total. The fourth-order valence-electron chi connectivity index (χ4n) is 1.47. The molecule has 0 aliphatic rings. The molecule has 0 saturated heterocycles. The lowest BCUT2D eigenvalue weighted by Gasteiger charge is -2.19. The highest BCUT2D eigenvalue weighted by atomic mass is 35.5. The van der Waals surface area contributed by atoms with Crippen LogP contribution in [0.2, 0.25) is 0 Å². The van der Waals surface area contributed by atoms with Gasteiger partial charge in [-0.15, -0.1) is 11.6 Å². The van der Waals surface area contributed by atoms with Crippen molar-refractivity contribution >= 4 is 21.6 Å². The summed E-state index contributed by atoms with van der Waals surface area (Å²) in [6, 6.07) is 3.93. The van der Waals surface area contributed by atoms with Crippen molar-refractivity contribution in [1.82, 2.24) is 9.21 Å². The molecule has 0 saturated carbocycles. The number of hydrogen-bond acceptors (Lipinski definition) is 3. The zero-order valence-corrected chi connectivity index (χ0v) is 12.8. The molecule has 0 amide bonds. The first-order chi connectivity index (χ1) is 8.78. The van der Waals surface area contributed by atoms with Crippen LogP contribution in [0.1, 0.15) is 5.56 Å². The normalized spacial score (nSPS) is 12.4. The molecule has 0 radical (unpaired) electrons. The molecule has 1 aromatic rings. The topological polar surface area (TPSA) is 40.6 Å². The molecule has 0 atom stereocenters. The van der Waals surface area contributed by atoms with E-state index in [1.165, 1.54) is 19.2 Å². The monoisotopic (exact) mass is 308 g/mol. The van der Waals surface area contributed by atoms with E-state index in [4.69, 9.17) is 11.6 Å². The van der Waals surface area contributed by atoms with Gasteiger partial charge < -0.3 is 4.90 Å². The van der Waals surface area contributed by atoms with Gasteiger partial charge in [0.15, 0.2) is 0 Å². The molecule has 1 rings (SSSR count). The number of rotatable bonds is 6. The Kier molecular flexibility index (Phi) is 5.73. The van der Waals surface area contributed by atoms with Crippen molar-refractivity contribution in [2.24, 2.45) is 0 Å². The Balaban J connectivity index is 2.99. The summed E-state index contributed by atoms with van der Waals surface area (Å²) in [6.07, 6.45) is 0. The molecule has 19 heavy (non-hydrogen) atoms. The van der Waals surface area contributed by atoms with Gasteiger partial charge in [-0.3, -0.25) is 0 Å². The van der Waals surface area contributed by atoms with E-state index < -0.39 is 15.8 Å². The zero-order chi connectivity index (χ0) is 14.6. The summed E-state index contributed by atoms with van der Waals surface area (Å²) < 4.78 is 39.4. The molecular weight excluding hydrogens is 291 g/mol. The van der Waals surface area contributed by atoms with Crippen LogP contribution in [-0.4, -0.2) is 51.9 Å². The fourth-order valence-corrected chi connectivity index (χ4v) is 2.83. The molecule has 1 aromatic carbocycles. The Morgan fingerprint density at radius 3 is 2.32 bits per heavy atom. The molecule has 0 aromatic heterocycles. The second-order valence-electron chi connectivity index (χ2n) is 4.53. The number of alkyl halides is 1. The number of halogens is 2. The summed E-state index contributed by atoms with van der Waals surface area (Å²) >= 11 is 5.58. The van der Waals surface area contributed by atoms with Crippen LogP contribution in [0.4, 0.5) is 4.39 Å². The van der Waals surface area contributed by atoms with E-state index in [9.17, 15) is 12.8 Å². The first-order valence-corrected chi connectivity index (χ1v) is 7.72. The summed E-state index contributed by atoms with van der Waals surface area (Å²) in [4.78, 5) is 1.54. The number of likely N-dealkylation sites (N-methyl/N-ethyl adjacent to an activating group) is 2. The van der Waals surface area contributed by atoms with Gasteiger partial charge in [-0.05, 0) is 31.8 Å². The van der Waals surface area contributed by atoms with E-state index in [2.05, 4.69) is 0 Å². The van der Waals surface area contributed by atoms with Crippen molar-refractivity contribution in [2.45, 2.75) is 10.8 Å². The van der Waals surface area contributed by atoms with Gasteiger partial charge in [-0.1, -0.05) is 6.07 Å². The Hall–Kier alpha value is -0.690.